The first-order valence-corrected chi connectivity index (χ1v) is 5.96. The topological polar surface area (TPSA) is 55.1 Å². The molecule has 0 fully saturated rings. The predicted molar refractivity (Wildman–Crippen MR) is 65.6 cm³/mol. The molecule has 0 aliphatic heterocycles. The molecule has 5 heteroatoms. The maximum atomic E-state index is 10.5. The first-order valence-electron chi connectivity index (χ1n) is 5.17. The second kappa shape index (κ2) is 4.57. The quantitative estimate of drug-likeness (QED) is 0.930. The normalized spacial score (nSPS) is 11.8. The summed E-state index contributed by atoms with van der Waals surface area (Å²) in [5.74, 6) is 0.00984. The van der Waals surface area contributed by atoms with Crippen LogP contribution in [0, 0.1) is 0 Å². The van der Waals surface area contributed by atoms with Crippen molar-refractivity contribution in [3.8, 4) is 0 Å². The minimum Gasteiger partial charge on any atom is -0.481 e. The van der Waals surface area contributed by atoms with E-state index in [9.17, 15) is 4.79 Å². The zero-order chi connectivity index (χ0) is 12.5. The number of halogens is 1. The van der Waals surface area contributed by atoms with Gasteiger partial charge in [0.2, 0.25) is 0 Å². The molecule has 1 rings (SSSR count). The minimum atomic E-state index is -0.795. The minimum absolute atomic E-state index is 0.0436. The van der Waals surface area contributed by atoms with E-state index in [1.54, 1.807) is 0 Å². The van der Waals surface area contributed by atoms with E-state index >= 15 is 0 Å². The van der Waals surface area contributed by atoms with Crippen LogP contribution >= 0.6 is 15.9 Å². The number of hydrogen-bond donors (Lipinski definition) is 1. The van der Waals surface area contributed by atoms with Crippen LogP contribution in [-0.4, -0.2) is 20.6 Å². The van der Waals surface area contributed by atoms with Crippen molar-refractivity contribution in [2.24, 2.45) is 7.05 Å². The van der Waals surface area contributed by atoms with Crippen molar-refractivity contribution < 1.29 is 9.90 Å². The Balaban J connectivity index is 3.01. The Morgan fingerprint density at radius 3 is 2.44 bits per heavy atom. The molecule has 0 aliphatic carbocycles. The fourth-order valence-electron chi connectivity index (χ4n) is 1.44. The number of aryl methyl sites for hydroxylation is 1. The Morgan fingerprint density at radius 2 is 2.06 bits per heavy atom. The van der Waals surface area contributed by atoms with Gasteiger partial charge in [0.25, 0.3) is 0 Å². The van der Waals surface area contributed by atoms with E-state index in [-0.39, 0.29) is 11.8 Å². The third-order valence-electron chi connectivity index (χ3n) is 2.39. The summed E-state index contributed by atoms with van der Waals surface area (Å²) in [6.07, 6.45) is 0.571. The largest absolute Gasteiger partial charge is 0.481 e. The Morgan fingerprint density at radius 1 is 1.50 bits per heavy atom. The summed E-state index contributed by atoms with van der Waals surface area (Å²) in [5.41, 5.74) is 0.924. The number of nitrogens with zero attached hydrogens (tertiary/aromatic N) is 2. The van der Waals surface area contributed by atoms with Crippen molar-refractivity contribution in [2.45, 2.75) is 39.0 Å². The third-order valence-corrected chi connectivity index (χ3v) is 3.30. The molecule has 0 saturated heterocycles. The molecule has 1 aromatic heterocycles. The number of carbonyl (C=O) groups is 1. The number of rotatable bonds is 3. The van der Waals surface area contributed by atoms with Gasteiger partial charge in [-0.1, -0.05) is 20.8 Å². The lowest BCUT2D eigenvalue weighted by Gasteiger charge is -2.15. The first kappa shape index (κ1) is 13.2. The van der Waals surface area contributed by atoms with Crippen molar-refractivity contribution in [3.05, 3.63) is 16.1 Å². The van der Waals surface area contributed by atoms with Gasteiger partial charge in [0, 0.05) is 18.9 Å². The van der Waals surface area contributed by atoms with Gasteiger partial charge in [0.05, 0.1) is 12.1 Å². The number of hydrogen-bond acceptors (Lipinski definition) is 2. The van der Waals surface area contributed by atoms with E-state index in [4.69, 9.17) is 5.11 Å². The summed E-state index contributed by atoms with van der Waals surface area (Å²) in [7, 11) is 1.89. The van der Waals surface area contributed by atoms with E-state index < -0.39 is 5.97 Å². The first-order chi connectivity index (χ1) is 7.23. The van der Waals surface area contributed by atoms with Gasteiger partial charge in [-0.15, -0.1) is 0 Å². The smallest absolute Gasteiger partial charge is 0.303 e. The SMILES string of the molecule is Cn1c(CCC(=O)O)nc(C(C)(C)C)c1Br. The van der Waals surface area contributed by atoms with Crippen LogP contribution in [0.3, 0.4) is 0 Å². The maximum Gasteiger partial charge on any atom is 0.303 e. The van der Waals surface area contributed by atoms with Crippen molar-refractivity contribution in [2.75, 3.05) is 0 Å². The maximum absolute atomic E-state index is 10.5. The second-order valence-corrected chi connectivity index (χ2v) is 5.62. The average Bonchev–Trinajstić information content (AvgIpc) is 2.40. The standard InChI is InChI=1S/C11H17BrN2O2/c1-11(2,3)9-10(12)14(4)7(13-9)5-6-8(15)16/h5-6H2,1-4H3,(H,15,16). The predicted octanol–water partition coefficient (Wildman–Crippen LogP) is 2.50. The van der Waals surface area contributed by atoms with Crippen molar-refractivity contribution in [3.63, 3.8) is 0 Å². The van der Waals surface area contributed by atoms with E-state index in [1.165, 1.54) is 0 Å². The van der Waals surface area contributed by atoms with Crippen LogP contribution in [-0.2, 0) is 23.7 Å². The zero-order valence-corrected chi connectivity index (χ0v) is 11.6. The second-order valence-electron chi connectivity index (χ2n) is 4.87. The molecule has 0 aromatic carbocycles. The van der Waals surface area contributed by atoms with Gasteiger partial charge < -0.3 is 9.67 Å². The van der Waals surface area contributed by atoms with Crippen LogP contribution in [0.25, 0.3) is 0 Å². The lowest BCUT2D eigenvalue weighted by Crippen LogP contribution is -2.12. The van der Waals surface area contributed by atoms with Gasteiger partial charge in [-0.05, 0) is 15.9 Å². The van der Waals surface area contributed by atoms with Crippen LogP contribution < -0.4 is 0 Å². The molecular weight excluding hydrogens is 272 g/mol. The molecule has 1 heterocycles. The highest BCUT2D eigenvalue weighted by Gasteiger charge is 2.23. The third kappa shape index (κ3) is 2.84. The van der Waals surface area contributed by atoms with E-state index in [0.29, 0.717) is 6.42 Å². The van der Waals surface area contributed by atoms with E-state index in [0.717, 1.165) is 16.1 Å². The molecule has 1 aromatic rings. The van der Waals surface area contributed by atoms with Crippen LogP contribution in [0.2, 0.25) is 0 Å². The summed E-state index contributed by atoms with van der Waals surface area (Å²) in [6.45, 7) is 6.25. The molecule has 4 nitrogen and oxygen atoms in total. The molecule has 0 spiro atoms. The van der Waals surface area contributed by atoms with Crippen molar-refractivity contribution in [1.29, 1.82) is 0 Å². The Labute approximate surface area is 104 Å². The van der Waals surface area contributed by atoms with Gasteiger partial charge in [-0.25, -0.2) is 4.98 Å². The molecule has 16 heavy (non-hydrogen) atoms. The molecule has 90 valence electrons. The lowest BCUT2D eigenvalue weighted by atomic mass is 9.93. The molecule has 1 N–H and O–H groups in total. The number of carboxylic acid groups (broad SMARTS) is 1. The van der Waals surface area contributed by atoms with Gasteiger partial charge in [0.15, 0.2) is 0 Å². The summed E-state index contributed by atoms with van der Waals surface area (Å²) in [5, 5.41) is 8.65. The number of carboxylic acids is 1. The van der Waals surface area contributed by atoms with Crippen LogP contribution in [0.4, 0.5) is 0 Å². The molecule has 0 bridgehead atoms. The highest BCUT2D eigenvalue weighted by molar-refractivity contribution is 9.10. The van der Waals surface area contributed by atoms with Crippen molar-refractivity contribution >= 4 is 21.9 Å². The monoisotopic (exact) mass is 288 g/mol. The van der Waals surface area contributed by atoms with E-state index in [1.807, 2.05) is 11.6 Å². The Bertz CT molecular complexity index is 405. The molecule has 0 aliphatic rings. The Kier molecular flexibility index (Phi) is 3.78. The summed E-state index contributed by atoms with van der Waals surface area (Å²) < 4.78 is 2.84. The summed E-state index contributed by atoms with van der Waals surface area (Å²) >= 11 is 3.50. The molecular formula is C11H17BrN2O2. The number of aromatic nitrogens is 2. The lowest BCUT2D eigenvalue weighted by molar-refractivity contribution is -0.137. The molecule has 0 amide bonds. The van der Waals surface area contributed by atoms with E-state index in [2.05, 4.69) is 41.7 Å². The van der Waals surface area contributed by atoms with Gasteiger partial charge in [-0.2, -0.15) is 0 Å². The summed E-state index contributed by atoms with van der Waals surface area (Å²) in [4.78, 5) is 15.0. The van der Waals surface area contributed by atoms with Crippen LogP contribution in [0.15, 0.2) is 4.60 Å². The molecule has 0 unspecified atom stereocenters. The highest BCUT2D eigenvalue weighted by atomic mass is 79.9. The number of aliphatic carboxylic acids is 1. The molecule has 0 saturated carbocycles. The molecule has 0 atom stereocenters. The van der Waals surface area contributed by atoms with Gasteiger partial charge in [0.1, 0.15) is 10.4 Å². The van der Waals surface area contributed by atoms with Crippen molar-refractivity contribution in [1.82, 2.24) is 9.55 Å². The Hall–Kier alpha value is -0.840. The van der Waals surface area contributed by atoms with Crippen LogP contribution in [0.5, 0.6) is 0 Å². The summed E-state index contributed by atoms with van der Waals surface area (Å²) in [6, 6.07) is 0. The fourth-order valence-corrected chi connectivity index (χ4v) is 2.33. The van der Waals surface area contributed by atoms with Crippen LogP contribution in [0.1, 0.15) is 38.7 Å². The number of imidazole rings is 1. The van der Waals surface area contributed by atoms with Gasteiger partial charge >= 0.3 is 5.97 Å². The van der Waals surface area contributed by atoms with Gasteiger partial charge in [-0.3, -0.25) is 4.79 Å². The average molecular weight is 289 g/mol. The zero-order valence-electron chi connectivity index (χ0n) is 10.0. The fraction of sp³-hybridized carbons (Fsp3) is 0.636. The molecule has 0 radical (unpaired) electrons. The highest BCUT2D eigenvalue weighted by Crippen LogP contribution is 2.29.